The minimum absolute atomic E-state index is 0.115. The van der Waals surface area contributed by atoms with Crippen LogP contribution in [0.25, 0.3) is 0 Å². The van der Waals surface area contributed by atoms with Crippen LogP contribution in [0.15, 0.2) is 30.3 Å². The maximum atomic E-state index is 12.9. The summed E-state index contributed by atoms with van der Waals surface area (Å²) >= 11 is 0. The lowest BCUT2D eigenvalue weighted by molar-refractivity contribution is -0.131. The van der Waals surface area contributed by atoms with Crippen LogP contribution in [0.5, 0.6) is 0 Å². The Morgan fingerprint density at radius 1 is 1.00 bits per heavy atom. The van der Waals surface area contributed by atoms with Crippen LogP contribution in [0.4, 0.5) is 4.79 Å². The first-order valence-electron chi connectivity index (χ1n) is 8.07. The van der Waals surface area contributed by atoms with Gasteiger partial charge in [-0.2, -0.15) is 0 Å². The zero-order chi connectivity index (χ0) is 16.5. The van der Waals surface area contributed by atoms with Crippen molar-refractivity contribution in [3.05, 3.63) is 35.9 Å². The lowest BCUT2D eigenvalue weighted by Gasteiger charge is -2.45. The highest BCUT2D eigenvalue weighted by Crippen LogP contribution is 2.43. The molecule has 0 radical (unpaired) electrons. The Morgan fingerprint density at radius 3 is 1.95 bits per heavy atom. The van der Waals surface area contributed by atoms with Crippen LogP contribution in [-0.2, 0) is 10.3 Å². The molecular weight excluding hydrogens is 292 g/mol. The number of urea groups is 1. The summed E-state index contributed by atoms with van der Waals surface area (Å²) in [5, 5.41) is 0. The van der Waals surface area contributed by atoms with Gasteiger partial charge in [-0.3, -0.25) is 9.69 Å². The van der Waals surface area contributed by atoms with Gasteiger partial charge in [-0.1, -0.05) is 51.1 Å². The van der Waals surface area contributed by atoms with Gasteiger partial charge in [0, 0.05) is 7.05 Å². The summed E-state index contributed by atoms with van der Waals surface area (Å²) < 4.78 is 1.97. The highest BCUT2D eigenvalue weighted by atomic mass is 28.3. The topological polar surface area (TPSA) is 40.6 Å². The number of hydrogen-bond donors (Lipinski definition) is 0. The second-order valence-electron chi connectivity index (χ2n) is 6.21. The van der Waals surface area contributed by atoms with Crippen LogP contribution in [-0.4, -0.2) is 36.7 Å². The van der Waals surface area contributed by atoms with E-state index in [9.17, 15) is 9.59 Å². The predicted molar refractivity (Wildman–Crippen MR) is 91.0 cm³/mol. The molecule has 0 bridgehead atoms. The number of amides is 3. The standard InChI is InChI=1S/C17H26N2O2Si/c1-6-22(7-2,8-3)19-16(21)18(5)15(20)17(19,4)14-12-10-9-11-13-14/h9-13H,6-8H2,1-5H3. The maximum Gasteiger partial charge on any atom is 0.319 e. The molecule has 1 heterocycles. The van der Waals surface area contributed by atoms with Crippen LogP contribution in [0.3, 0.4) is 0 Å². The third-order valence-electron chi connectivity index (χ3n) is 5.43. The summed E-state index contributed by atoms with van der Waals surface area (Å²) in [6.07, 6.45) is 0. The van der Waals surface area contributed by atoms with E-state index in [-0.39, 0.29) is 11.9 Å². The first-order valence-corrected chi connectivity index (χ1v) is 10.6. The Labute approximate surface area is 134 Å². The number of nitrogens with zero attached hydrogens (tertiary/aromatic N) is 2. The number of likely N-dealkylation sites (N-methyl/N-ethyl adjacent to an activating group) is 1. The van der Waals surface area contributed by atoms with Gasteiger partial charge in [-0.05, 0) is 30.6 Å². The Morgan fingerprint density at radius 2 is 1.50 bits per heavy atom. The van der Waals surface area contributed by atoms with Crippen molar-refractivity contribution in [3.63, 3.8) is 0 Å². The van der Waals surface area contributed by atoms with E-state index in [4.69, 9.17) is 0 Å². The number of hydrogen-bond acceptors (Lipinski definition) is 2. The van der Waals surface area contributed by atoms with Gasteiger partial charge in [0.25, 0.3) is 5.91 Å². The van der Waals surface area contributed by atoms with Crippen LogP contribution in [0, 0.1) is 0 Å². The Bertz CT molecular complexity index is 563. The van der Waals surface area contributed by atoms with Crippen molar-refractivity contribution in [1.29, 1.82) is 0 Å². The summed E-state index contributed by atoms with van der Waals surface area (Å²) in [5.41, 5.74) is 0.0337. The number of imide groups is 1. The molecule has 1 fully saturated rings. The van der Waals surface area contributed by atoms with Crippen molar-refractivity contribution >= 4 is 20.2 Å². The molecule has 1 saturated heterocycles. The number of benzene rings is 1. The van der Waals surface area contributed by atoms with Crippen LogP contribution in [0.2, 0.25) is 18.1 Å². The second-order valence-corrected chi connectivity index (χ2v) is 11.2. The SMILES string of the molecule is CC[Si](CC)(CC)N1C(=O)N(C)C(=O)C1(C)c1ccccc1. The summed E-state index contributed by atoms with van der Waals surface area (Å²) in [6, 6.07) is 12.5. The molecule has 0 saturated carbocycles. The quantitative estimate of drug-likeness (QED) is 0.612. The highest BCUT2D eigenvalue weighted by molar-refractivity contribution is 6.79. The van der Waals surface area contributed by atoms with Gasteiger partial charge in [0.1, 0.15) is 5.54 Å². The fraction of sp³-hybridized carbons (Fsp3) is 0.529. The van der Waals surface area contributed by atoms with Crippen molar-refractivity contribution in [2.24, 2.45) is 0 Å². The van der Waals surface area contributed by atoms with E-state index >= 15 is 0 Å². The lowest BCUT2D eigenvalue weighted by Crippen LogP contribution is -2.60. The molecule has 0 N–H and O–H groups in total. The van der Waals surface area contributed by atoms with E-state index < -0.39 is 13.8 Å². The monoisotopic (exact) mass is 318 g/mol. The summed E-state index contributed by atoms with van der Waals surface area (Å²) in [4.78, 5) is 27.1. The molecule has 0 aromatic heterocycles. The van der Waals surface area contributed by atoms with Crippen LogP contribution in [0.1, 0.15) is 33.3 Å². The third kappa shape index (κ3) is 2.10. The minimum Gasteiger partial charge on any atom is -0.334 e. The smallest absolute Gasteiger partial charge is 0.319 e. The molecule has 0 aliphatic carbocycles. The van der Waals surface area contributed by atoms with E-state index in [1.807, 2.05) is 41.8 Å². The summed E-state index contributed by atoms with van der Waals surface area (Å²) in [7, 11) is -0.425. The summed E-state index contributed by atoms with van der Waals surface area (Å²) in [5.74, 6) is -0.115. The number of carbonyl (C=O) groups excluding carboxylic acids is 2. The molecule has 4 nitrogen and oxygen atoms in total. The fourth-order valence-electron chi connectivity index (χ4n) is 3.77. The average Bonchev–Trinajstić information content (AvgIpc) is 2.74. The van der Waals surface area contributed by atoms with Gasteiger partial charge in [-0.15, -0.1) is 0 Å². The molecule has 1 atom stereocenters. The van der Waals surface area contributed by atoms with E-state index in [1.54, 1.807) is 7.05 Å². The van der Waals surface area contributed by atoms with E-state index in [0.717, 1.165) is 23.7 Å². The molecule has 120 valence electrons. The molecule has 1 aromatic rings. The molecular formula is C17H26N2O2Si. The zero-order valence-corrected chi connectivity index (χ0v) is 15.2. The first kappa shape index (κ1) is 16.7. The highest BCUT2D eigenvalue weighted by Gasteiger charge is 2.59. The van der Waals surface area contributed by atoms with E-state index in [2.05, 4.69) is 20.8 Å². The molecule has 2 rings (SSSR count). The third-order valence-corrected chi connectivity index (χ3v) is 11.0. The van der Waals surface area contributed by atoms with Crippen molar-refractivity contribution in [1.82, 2.24) is 9.47 Å². The lowest BCUT2D eigenvalue weighted by atomic mass is 9.92. The second kappa shape index (κ2) is 5.87. The van der Waals surface area contributed by atoms with Crippen molar-refractivity contribution in [2.75, 3.05) is 7.05 Å². The van der Waals surface area contributed by atoms with E-state index in [1.165, 1.54) is 4.90 Å². The van der Waals surface area contributed by atoms with Gasteiger partial charge in [0.15, 0.2) is 8.24 Å². The molecule has 1 aliphatic rings. The Balaban J connectivity index is 2.68. The van der Waals surface area contributed by atoms with Gasteiger partial charge in [-0.25, -0.2) is 4.79 Å². The maximum absolute atomic E-state index is 12.9. The number of rotatable bonds is 5. The van der Waals surface area contributed by atoms with Gasteiger partial charge in [0.2, 0.25) is 0 Å². The van der Waals surface area contributed by atoms with Gasteiger partial charge < -0.3 is 4.57 Å². The Hall–Kier alpha value is -1.62. The largest absolute Gasteiger partial charge is 0.334 e. The van der Waals surface area contributed by atoms with E-state index in [0.29, 0.717) is 0 Å². The molecule has 1 aliphatic heterocycles. The summed E-state index contributed by atoms with van der Waals surface area (Å²) in [6.45, 7) is 8.37. The first-order chi connectivity index (χ1) is 10.4. The average molecular weight is 318 g/mol. The predicted octanol–water partition coefficient (Wildman–Crippen LogP) is 3.80. The van der Waals surface area contributed by atoms with Gasteiger partial charge >= 0.3 is 6.03 Å². The number of carbonyl (C=O) groups is 2. The van der Waals surface area contributed by atoms with Gasteiger partial charge in [0.05, 0.1) is 0 Å². The van der Waals surface area contributed by atoms with Crippen LogP contribution < -0.4 is 0 Å². The van der Waals surface area contributed by atoms with Crippen molar-refractivity contribution in [3.8, 4) is 0 Å². The van der Waals surface area contributed by atoms with Crippen LogP contribution >= 0.6 is 0 Å². The minimum atomic E-state index is -2.03. The van der Waals surface area contributed by atoms with Crippen molar-refractivity contribution in [2.45, 2.75) is 51.4 Å². The van der Waals surface area contributed by atoms with Crippen molar-refractivity contribution < 1.29 is 9.59 Å². The Kier molecular flexibility index (Phi) is 4.47. The molecule has 22 heavy (non-hydrogen) atoms. The molecule has 1 unspecified atom stereocenters. The zero-order valence-electron chi connectivity index (χ0n) is 14.2. The molecule has 1 aromatic carbocycles. The molecule has 5 heteroatoms. The fourth-order valence-corrected chi connectivity index (χ4v) is 7.95. The molecule has 0 spiro atoms. The molecule has 3 amide bonds. The normalized spacial score (nSPS) is 22.6.